The van der Waals surface area contributed by atoms with Crippen LogP contribution in [0.1, 0.15) is 42.9 Å². The third kappa shape index (κ3) is 5.73. The van der Waals surface area contributed by atoms with Gasteiger partial charge in [-0.2, -0.15) is 5.10 Å². The van der Waals surface area contributed by atoms with E-state index in [1.54, 1.807) is 17.6 Å². The lowest BCUT2D eigenvalue weighted by molar-refractivity contribution is 0.0295. The molecule has 0 radical (unpaired) electrons. The molecule has 0 saturated carbocycles. The van der Waals surface area contributed by atoms with E-state index in [0.29, 0.717) is 41.5 Å². The second-order valence-corrected chi connectivity index (χ2v) is 9.05. The topological polar surface area (TPSA) is 128 Å². The molecule has 4 rings (SSSR count). The van der Waals surface area contributed by atoms with Gasteiger partial charge in [-0.15, -0.1) is 11.3 Å². The zero-order valence-corrected chi connectivity index (χ0v) is 19.3. The number of carbonyl (C=O) groups excluding carboxylic acids is 1. The molecule has 3 aromatic heterocycles. The maximum absolute atomic E-state index is 13.8. The average molecular weight is 475 g/mol. The van der Waals surface area contributed by atoms with Crippen LogP contribution in [0.3, 0.4) is 0 Å². The van der Waals surface area contributed by atoms with Gasteiger partial charge in [0, 0.05) is 24.0 Å². The number of aromatic nitrogens is 4. The highest BCUT2D eigenvalue weighted by atomic mass is 32.1. The first-order valence-corrected chi connectivity index (χ1v) is 11.7. The van der Waals surface area contributed by atoms with Crippen LogP contribution in [-0.2, 0) is 11.2 Å². The smallest absolute Gasteiger partial charge is 0.275 e. The van der Waals surface area contributed by atoms with Crippen LogP contribution >= 0.6 is 11.3 Å². The number of hydrogen-bond acceptors (Lipinski definition) is 8. The fourth-order valence-corrected chi connectivity index (χ4v) is 4.33. The van der Waals surface area contributed by atoms with Crippen molar-refractivity contribution >= 4 is 22.9 Å². The van der Waals surface area contributed by atoms with Crippen molar-refractivity contribution < 1.29 is 18.7 Å². The molecule has 0 unspecified atom stereocenters. The Balaban J connectivity index is 1.44. The Morgan fingerprint density at radius 3 is 3.12 bits per heavy atom. The SMILES string of the molecule is CC(C)Oc1ncccc1-c1nc(C(=O)Nc2cn[nH]c2C[C@@H]2CC[C@@H](N)[C@H](F)CO2)cs1. The first kappa shape index (κ1) is 23.3. The monoisotopic (exact) mass is 474 g/mol. The van der Waals surface area contributed by atoms with Crippen molar-refractivity contribution in [3.8, 4) is 16.5 Å². The average Bonchev–Trinajstić information content (AvgIpc) is 3.41. The fraction of sp³-hybridized carbons (Fsp3) is 0.455. The number of thiazole rings is 1. The van der Waals surface area contributed by atoms with Crippen LogP contribution in [0.25, 0.3) is 10.6 Å². The van der Waals surface area contributed by atoms with Gasteiger partial charge in [-0.1, -0.05) is 0 Å². The first-order chi connectivity index (χ1) is 15.9. The first-order valence-electron chi connectivity index (χ1n) is 10.8. The predicted molar refractivity (Wildman–Crippen MR) is 123 cm³/mol. The van der Waals surface area contributed by atoms with E-state index in [0.717, 1.165) is 5.56 Å². The molecule has 1 fully saturated rings. The Labute approximate surface area is 194 Å². The minimum Gasteiger partial charge on any atom is -0.474 e. The molecule has 1 aliphatic heterocycles. The Hall–Kier alpha value is -2.89. The molecule has 0 aliphatic carbocycles. The molecule has 0 bridgehead atoms. The van der Waals surface area contributed by atoms with E-state index in [1.807, 2.05) is 19.9 Å². The highest BCUT2D eigenvalue weighted by Gasteiger charge is 2.26. The molecule has 33 heavy (non-hydrogen) atoms. The summed E-state index contributed by atoms with van der Waals surface area (Å²) in [6, 6.07) is 3.15. The highest BCUT2D eigenvalue weighted by molar-refractivity contribution is 7.13. The number of ether oxygens (including phenoxy) is 2. The van der Waals surface area contributed by atoms with Gasteiger partial charge < -0.3 is 20.5 Å². The summed E-state index contributed by atoms with van der Waals surface area (Å²) in [6.45, 7) is 3.82. The number of nitrogens with one attached hydrogen (secondary N) is 2. The van der Waals surface area contributed by atoms with E-state index in [4.69, 9.17) is 15.2 Å². The number of halogens is 1. The molecule has 4 N–H and O–H groups in total. The molecule has 9 nitrogen and oxygen atoms in total. The van der Waals surface area contributed by atoms with Crippen molar-refractivity contribution in [1.29, 1.82) is 0 Å². The van der Waals surface area contributed by atoms with Crippen molar-refractivity contribution in [3.63, 3.8) is 0 Å². The lowest BCUT2D eigenvalue weighted by atomic mass is 10.0. The number of anilines is 1. The number of amides is 1. The van der Waals surface area contributed by atoms with Crippen molar-refractivity contribution in [1.82, 2.24) is 20.2 Å². The number of hydrogen-bond donors (Lipinski definition) is 3. The van der Waals surface area contributed by atoms with Gasteiger partial charge in [0.25, 0.3) is 5.91 Å². The molecular weight excluding hydrogens is 447 g/mol. The van der Waals surface area contributed by atoms with Gasteiger partial charge >= 0.3 is 0 Å². The lowest BCUT2D eigenvalue weighted by Crippen LogP contribution is -2.32. The largest absolute Gasteiger partial charge is 0.474 e. The molecule has 1 saturated heterocycles. The fourth-order valence-electron chi connectivity index (χ4n) is 3.52. The molecular formula is C22H27FN6O3S. The van der Waals surface area contributed by atoms with Gasteiger partial charge in [0.05, 0.1) is 42.0 Å². The second-order valence-electron chi connectivity index (χ2n) is 8.19. The molecule has 0 spiro atoms. The summed E-state index contributed by atoms with van der Waals surface area (Å²) in [5.41, 5.74) is 8.05. The number of H-pyrrole nitrogens is 1. The summed E-state index contributed by atoms with van der Waals surface area (Å²) in [7, 11) is 0. The Bertz CT molecular complexity index is 1080. The maximum Gasteiger partial charge on any atom is 0.275 e. The van der Waals surface area contributed by atoms with Crippen LogP contribution < -0.4 is 15.8 Å². The Kier molecular flexibility index (Phi) is 7.31. The van der Waals surface area contributed by atoms with Crippen molar-refractivity contribution in [2.24, 2.45) is 5.73 Å². The number of rotatable bonds is 7. The van der Waals surface area contributed by atoms with E-state index >= 15 is 0 Å². The molecule has 1 aliphatic rings. The zero-order valence-electron chi connectivity index (χ0n) is 18.5. The predicted octanol–water partition coefficient (Wildman–Crippen LogP) is 3.35. The van der Waals surface area contributed by atoms with E-state index in [1.165, 1.54) is 17.5 Å². The molecule has 0 aromatic carbocycles. The number of alkyl halides is 1. The number of nitrogens with zero attached hydrogens (tertiary/aromatic N) is 3. The minimum absolute atomic E-state index is 0.0277. The number of pyridine rings is 1. The zero-order chi connectivity index (χ0) is 23.4. The number of nitrogens with two attached hydrogens (primary N) is 1. The highest BCUT2D eigenvalue weighted by Crippen LogP contribution is 2.31. The van der Waals surface area contributed by atoms with Gasteiger partial charge in [0.1, 0.15) is 16.9 Å². The van der Waals surface area contributed by atoms with Crippen molar-refractivity contribution in [2.75, 3.05) is 11.9 Å². The number of carbonyl (C=O) groups is 1. The Morgan fingerprint density at radius 2 is 2.30 bits per heavy atom. The van der Waals surface area contributed by atoms with Crippen LogP contribution in [-0.4, -0.2) is 57.1 Å². The normalized spacial score (nSPS) is 21.1. The second kappa shape index (κ2) is 10.4. The van der Waals surface area contributed by atoms with Crippen LogP contribution in [0.2, 0.25) is 0 Å². The molecule has 4 heterocycles. The van der Waals surface area contributed by atoms with E-state index in [-0.39, 0.29) is 30.4 Å². The van der Waals surface area contributed by atoms with Crippen LogP contribution in [0.4, 0.5) is 10.1 Å². The standard InChI is InChI=1S/C22H27FN6O3S/c1-12(2)32-21-14(4-3-7-25-21)22-28-19(11-33-22)20(30)27-18-9-26-29-17(18)8-13-5-6-16(24)15(23)10-31-13/h3-4,7,9,11-13,15-16H,5-6,8,10,24H2,1-2H3,(H,26,29)(H,27,30)/t13-,15+,16+/m0/s1. The third-order valence-corrected chi connectivity index (χ3v) is 6.14. The Morgan fingerprint density at radius 1 is 1.45 bits per heavy atom. The minimum atomic E-state index is -1.17. The van der Waals surface area contributed by atoms with E-state index in [2.05, 4.69) is 25.5 Å². The molecule has 11 heteroatoms. The summed E-state index contributed by atoms with van der Waals surface area (Å²) in [4.78, 5) is 21.6. The van der Waals surface area contributed by atoms with Crippen LogP contribution in [0, 0.1) is 0 Å². The molecule has 3 atom stereocenters. The van der Waals surface area contributed by atoms with Gasteiger partial charge in [-0.05, 0) is 38.8 Å². The third-order valence-electron chi connectivity index (χ3n) is 5.26. The summed E-state index contributed by atoms with van der Waals surface area (Å²) < 4.78 is 25.2. The van der Waals surface area contributed by atoms with Gasteiger partial charge in [-0.25, -0.2) is 14.4 Å². The van der Waals surface area contributed by atoms with E-state index in [9.17, 15) is 9.18 Å². The lowest BCUT2D eigenvalue weighted by Gasteiger charge is -2.15. The number of aromatic amines is 1. The summed E-state index contributed by atoms with van der Waals surface area (Å²) >= 11 is 1.34. The van der Waals surface area contributed by atoms with E-state index < -0.39 is 12.2 Å². The summed E-state index contributed by atoms with van der Waals surface area (Å²) in [6.07, 6.45) is 3.42. The van der Waals surface area contributed by atoms with Crippen molar-refractivity contribution in [3.05, 3.63) is 41.3 Å². The molecule has 3 aromatic rings. The van der Waals surface area contributed by atoms with Crippen LogP contribution in [0.15, 0.2) is 29.9 Å². The summed E-state index contributed by atoms with van der Waals surface area (Å²) in [5.74, 6) is 0.118. The summed E-state index contributed by atoms with van der Waals surface area (Å²) in [5, 5.41) is 12.1. The molecule has 1 amide bonds. The van der Waals surface area contributed by atoms with Crippen molar-refractivity contribution in [2.45, 2.75) is 57.5 Å². The van der Waals surface area contributed by atoms with Gasteiger partial charge in [-0.3, -0.25) is 9.89 Å². The maximum atomic E-state index is 13.8. The molecule has 176 valence electrons. The van der Waals surface area contributed by atoms with Crippen LogP contribution in [0.5, 0.6) is 5.88 Å². The van der Waals surface area contributed by atoms with Gasteiger partial charge in [0.15, 0.2) is 0 Å². The van der Waals surface area contributed by atoms with Gasteiger partial charge in [0.2, 0.25) is 5.88 Å². The quantitative estimate of drug-likeness (QED) is 0.479.